The molecule has 8 unspecified atom stereocenters. The standard InChI is InChI=1S/C52H89NO10/c1-4-7-10-13-16-19-22-23-25-28-31-34-37-40-47(57)63-50-49(59)48(58)46(41-54)62-52(50)61-42-43(44(55)38-35-32-29-27-24-20-17-14-11-8-5-2)53-51(60)45(56)39-36-33-30-26-21-18-15-12-9-6-3/h7,10,13,16,19,22-23,25,28,31,35,38,43-46,48-50,52,54-56,58-59H,4-6,8-9,11-12,14-15,17-18,20-21,24,26-27,29-30,32-34,36-37,39-42H2,1-3H3,(H,53,60)/b10-7+,16-13+,22-19-,25-23-,31-28+,38-35+. The highest BCUT2D eigenvalue weighted by molar-refractivity contribution is 5.80. The average molecular weight is 888 g/mol. The maximum atomic E-state index is 13.3. The maximum absolute atomic E-state index is 13.3. The van der Waals surface area contributed by atoms with Crippen molar-refractivity contribution in [1.29, 1.82) is 0 Å². The molecule has 63 heavy (non-hydrogen) atoms. The van der Waals surface area contributed by atoms with E-state index in [1.54, 1.807) is 6.08 Å². The summed E-state index contributed by atoms with van der Waals surface area (Å²) in [5.41, 5.74) is 0. The van der Waals surface area contributed by atoms with Gasteiger partial charge in [0.05, 0.1) is 25.4 Å². The Labute approximate surface area is 381 Å². The van der Waals surface area contributed by atoms with Gasteiger partial charge in [-0.15, -0.1) is 0 Å². The van der Waals surface area contributed by atoms with Crippen molar-refractivity contribution in [3.63, 3.8) is 0 Å². The lowest BCUT2D eigenvalue weighted by Crippen LogP contribution is -2.61. The van der Waals surface area contributed by atoms with Crippen molar-refractivity contribution in [2.45, 2.75) is 230 Å². The summed E-state index contributed by atoms with van der Waals surface area (Å²) < 4.78 is 17.4. The van der Waals surface area contributed by atoms with Crippen LogP contribution in [0.1, 0.15) is 181 Å². The Balaban J connectivity index is 2.86. The van der Waals surface area contributed by atoms with Gasteiger partial charge in [0.25, 0.3) is 0 Å². The Kier molecular flexibility index (Phi) is 37.5. The van der Waals surface area contributed by atoms with E-state index in [-0.39, 0.29) is 19.4 Å². The van der Waals surface area contributed by atoms with Crippen LogP contribution in [0.25, 0.3) is 0 Å². The zero-order chi connectivity index (χ0) is 46.2. The second-order valence-corrected chi connectivity index (χ2v) is 16.9. The number of aliphatic hydroxyl groups excluding tert-OH is 5. The van der Waals surface area contributed by atoms with Crippen molar-refractivity contribution in [3.05, 3.63) is 72.9 Å². The van der Waals surface area contributed by atoms with Crippen molar-refractivity contribution in [2.75, 3.05) is 13.2 Å². The first-order chi connectivity index (χ1) is 30.7. The number of amides is 1. The molecule has 8 atom stereocenters. The Morgan fingerprint density at radius 1 is 0.635 bits per heavy atom. The number of allylic oxidation sites excluding steroid dienone is 11. The number of hydrogen-bond acceptors (Lipinski definition) is 10. The lowest BCUT2D eigenvalue weighted by molar-refractivity contribution is -0.305. The highest BCUT2D eigenvalue weighted by atomic mass is 16.7. The van der Waals surface area contributed by atoms with E-state index in [4.69, 9.17) is 14.2 Å². The summed E-state index contributed by atoms with van der Waals surface area (Å²) in [6.07, 6.45) is 38.3. The number of unbranched alkanes of at least 4 members (excludes halogenated alkanes) is 19. The summed E-state index contributed by atoms with van der Waals surface area (Å²) in [4.78, 5) is 26.2. The summed E-state index contributed by atoms with van der Waals surface area (Å²) in [6.45, 7) is 5.53. The monoisotopic (exact) mass is 888 g/mol. The fraction of sp³-hybridized carbons (Fsp3) is 0.731. The molecule has 0 aliphatic carbocycles. The van der Waals surface area contributed by atoms with Gasteiger partial charge in [0.1, 0.15) is 24.4 Å². The molecule has 1 aliphatic heterocycles. The van der Waals surface area contributed by atoms with Gasteiger partial charge < -0.3 is 45.1 Å². The van der Waals surface area contributed by atoms with Gasteiger partial charge in [-0.2, -0.15) is 0 Å². The second-order valence-electron chi connectivity index (χ2n) is 16.9. The summed E-state index contributed by atoms with van der Waals surface area (Å²) in [6, 6.07) is -1.04. The molecule has 0 aromatic rings. The predicted octanol–water partition coefficient (Wildman–Crippen LogP) is 9.71. The second kappa shape index (κ2) is 40.6. The Morgan fingerprint density at radius 2 is 1.14 bits per heavy atom. The van der Waals surface area contributed by atoms with Crippen molar-refractivity contribution in [1.82, 2.24) is 5.32 Å². The van der Waals surface area contributed by atoms with Gasteiger partial charge in [-0.05, 0) is 38.5 Å². The highest BCUT2D eigenvalue weighted by Crippen LogP contribution is 2.26. The molecule has 362 valence electrons. The van der Waals surface area contributed by atoms with Gasteiger partial charge in [0, 0.05) is 6.42 Å². The normalized spacial score (nSPS) is 21.2. The predicted molar refractivity (Wildman–Crippen MR) is 255 cm³/mol. The third-order valence-corrected chi connectivity index (χ3v) is 11.3. The van der Waals surface area contributed by atoms with E-state index < -0.39 is 67.4 Å². The fourth-order valence-electron chi connectivity index (χ4n) is 7.27. The average Bonchev–Trinajstić information content (AvgIpc) is 3.28. The minimum absolute atomic E-state index is 0.0254. The van der Waals surface area contributed by atoms with Crippen LogP contribution in [-0.4, -0.2) is 99.6 Å². The highest BCUT2D eigenvalue weighted by Gasteiger charge is 2.47. The molecule has 0 saturated carbocycles. The molecule has 11 nitrogen and oxygen atoms in total. The van der Waals surface area contributed by atoms with Crippen molar-refractivity contribution >= 4 is 11.9 Å². The fourth-order valence-corrected chi connectivity index (χ4v) is 7.27. The minimum Gasteiger partial charge on any atom is -0.454 e. The largest absolute Gasteiger partial charge is 0.454 e. The lowest BCUT2D eigenvalue weighted by atomic mass is 9.99. The zero-order valence-electron chi connectivity index (χ0n) is 39.4. The van der Waals surface area contributed by atoms with Gasteiger partial charge in [0.15, 0.2) is 12.4 Å². The van der Waals surface area contributed by atoms with Crippen LogP contribution in [0, 0.1) is 0 Å². The smallest absolute Gasteiger partial charge is 0.306 e. The van der Waals surface area contributed by atoms with Gasteiger partial charge in [-0.1, -0.05) is 209 Å². The lowest BCUT2D eigenvalue weighted by Gasteiger charge is -2.41. The van der Waals surface area contributed by atoms with Gasteiger partial charge in [0.2, 0.25) is 5.91 Å². The molecule has 0 aromatic heterocycles. The van der Waals surface area contributed by atoms with E-state index in [1.165, 1.54) is 77.0 Å². The number of carbonyl (C=O) groups excluding carboxylic acids is 2. The quantitative estimate of drug-likeness (QED) is 0.0151. The van der Waals surface area contributed by atoms with Crippen LogP contribution >= 0.6 is 0 Å². The molecule has 1 fully saturated rings. The number of aliphatic hydroxyl groups is 5. The van der Waals surface area contributed by atoms with E-state index in [0.29, 0.717) is 19.3 Å². The van der Waals surface area contributed by atoms with Crippen LogP contribution < -0.4 is 5.32 Å². The van der Waals surface area contributed by atoms with Crippen LogP contribution in [0.2, 0.25) is 0 Å². The SMILES string of the molecule is CC/C=C/C=C/C=C\C=C/C=C/CCCC(=O)OC1C(OCC(NC(=O)C(O)CCCCCCCCCCCC)C(O)/C=C/CCCCCCCCCCC)OC(CO)C(O)C1O. The summed E-state index contributed by atoms with van der Waals surface area (Å²) in [5.74, 6) is -1.28. The molecule has 1 heterocycles. The first-order valence-corrected chi connectivity index (χ1v) is 24.8. The molecular weight excluding hydrogens is 799 g/mol. The van der Waals surface area contributed by atoms with Crippen LogP contribution in [-0.2, 0) is 23.8 Å². The van der Waals surface area contributed by atoms with Crippen molar-refractivity contribution < 1.29 is 49.3 Å². The maximum Gasteiger partial charge on any atom is 0.306 e. The molecular formula is C52H89NO10. The van der Waals surface area contributed by atoms with E-state index in [0.717, 1.165) is 51.4 Å². The third-order valence-electron chi connectivity index (χ3n) is 11.3. The van der Waals surface area contributed by atoms with Gasteiger partial charge >= 0.3 is 5.97 Å². The van der Waals surface area contributed by atoms with Crippen LogP contribution in [0.4, 0.5) is 0 Å². The topological polar surface area (TPSA) is 175 Å². The van der Waals surface area contributed by atoms with Crippen molar-refractivity contribution in [2.24, 2.45) is 0 Å². The van der Waals surface area contributed by atoms with Crippen LogP contribution in [0.5, 0.6) is 0 Å². The molecule has 11 heteroatoms. The first-order valence-electron chi connectivity index (χ1n) is 24.8. The van der Waals surface area contributed by atoms with Crippen molar-refractivity contribution in [3.8, 4) is 0 Å². The van der Waals surface area contributed by atoms with E-state index >= 15 is 0 Å². The van der Waals surface area contributed by atoms with Crippen LogP contribution in [0.15, 0.2) is 72.9 Å². The number of rotatable bonds is 39. The molecule has 1 amide bonds. The number of esters is 1. The molecule has 6 N–H and O–H groups in total. The molecule has 0 aromatic carbocycles. The molecule has 1 rings (SSSR count). The van der Waals surface area contributed by atoms with Gasteiger partial charge in [-0.3, -0.25) is 9.59 Å². The molecule has 1 saturated heterocycles. The van der Waals surface area contributed by atoms with E-state index in [9.17, 15) is 35.1 Å². The zero-order valence-corrected chi connectivity index (χ0v) is 39.4. The summed E-state index contributed by atoms with van der Waals surface area (Å²) in [5, 5.41) is 56.4. The molecule has 1 aliphatic rings. The Bertz CT molecular complexity index is 1300. The number of nitrogens with one attached hydrogen (secondary N) is 1. The molecule has 0 spiro atoms. The van der Waals surface area contributed by atoms with E-state index in [2.05, 4.69) is 32.2 Å². The number of hydrogen-bond donors (Lipinski definition) is 6. The van der Waals surface area contributed by atoms with Crippen LogP contribution in [0.3, 0.4) is 0 Å². The number of carbonyl (C=O) groups is 2. The van der Waals surface area contributed by atoms with E-state index in [1.807, 2.05) is 60.8 Å². The molecule has 0 bridgehead atoms. The van der Waals surface area contributed by atoms with Gasteiger partial charge in [-0.25, -0.2) is 0 Å². The number of ether oxygens (including phenoxy) is 3. The Hall–Kier alpha value is -2.90. The summed E-state index contributed by atoms with van der Waals surface area (Å²) in [7, 11) is 0. The Morgan fingerprint density at radius 3 is 1.70 bits per heavy atom. The minimum atomic E-state index is -1.64. The molecule has 0 radical (unpaired) electrons. The third kappa shape index (κ3) is 30.0. The first kappa shape index (κ1) is 58.1. The summed E-state index contributed by atoms with van der Waals surface area (Å²) >= 11 is 0.